The number of hydrogen-bond acceptors (Lipinski definition) is 5. The maximum atomic E-state index is 9.00. The van der Waals surface area contributed by atoms with Crippen molar-refractivity contribution < 1.29 is 0 Å². The number of aryl methyl sites for hydroxylation is 1. The van der Waals surface area contributed by atoms with Gasteiger partial charge in [-0.05, 0) is 30.2 Å². The molecule has 0 N–H and O–H groups in total. The number of pyridine rings is 2. The molecule has 0 atom stereocenters. The molecule has 4 rings (SSSR count). The maximum absolute atomic E-state index is 9.00. The number of anilines is 1. The van der Waals surface area contributed by atoms with Gasteiger partial charge < -0.3 is 9.47 Å². The molecular formula is C18H16N6. The highest BCUT2D eigenvalue weighted by Gasteiger charge is 2.20. The lowest BCUT2D eigenvalue weighted by molar-refractivity contribution is 0.699. The third-order valence-electron chi connectivity index (χ3n) is 4.31. The predicted molar refractivity (Wildman–Crippen MR) is 89.8 cm³/mol. The standard InChI is InChI=1S/C18H16N6/c1-13-6-14(8-19)9-22-18(13)23-4-2-17-15(11-23)7-16(10-21-17)24-5-3-20-12-24/h3,5-7,9-10,12H,2,4,11H2,1H3. The Morgan fingerprint density at radius 1 is 1.21 bits per heavy atom. The normalized spacial score (nSPS) is 13.4. The van der Waals surface area contributed by atoms with Crippen molar-refractivity contribution >= 4 is 5.82 Å². The summed E-state index contributed by atoms with van der Waals surface area (Å²) >= 11 is 0. The third-order valence-corrected chi connectivity index (χ3v) is 4.31. The van der Waals surface area contributed by atoms with Crippen LogP contribution in [0.4, 0.5) is 5.82 Å². The van der Waals surface area contributed by atoms with Gasteiger partial charge in [0.1, 0.15) is 11.9 Å². The molecule has 0 fully saturated rings. The van der Waals surface area contributed by atoms with Gasteiger partial charge in [0.05, 0.1) is 23.8 Å². The number of aromatic nitrogens is 4. The van der Waals surface area contributed by atoms with Gasteiger partial charge in [0, 0.05) is 43.8 Å². The second-order valence-corrected chi connectivity index (χ2v) is 5.92. The lowest BCUT2D eigenvalue weighted by Crippen LogP contribution is -2.32. The van der Waals surface area contributed by atoms with Crippen LogP contribution in [-0.4, -0.2) is 26.1 Å². The van der Waals surface area contributed by atoms with Gasteiger partial charge >= 0.3 is 0 Å². The quantitative estimate of drug-likeness (QED) is 0.726. The minimum absolute atomic E-state index is 0.595. The number of nitriles is 1. The Morgan fingerprint density at radius 3 is 2.88 bits per heavy atom. The van der Waals surface area contributed by atoms with Crippen LogP contribution in [0.1, 0.15) is 22.4 Å². The molecule has 118 valence electrons. The molecule has 0 unspecified atom stereocenters. The molecule has 0 radical (unpaired) electrons. The first-order chi connectivity index (χ1) is 11.7. The molecule has 6 nitrogen and oxygen atoms in total. The van der Waals surface area contributed by atoms with E-state index in [2.05, 4.69) is 32.0 Å². The number of rotatable bonds is 2. The Labute approximate surface area is 140 Å². The second-order valence-electron chi connectivity index (χ2n) is 5.92. The van der Waals surface area contributed by atoms with Crippen molar-refractivity contribution in [3.05, 3.63) is 65.6 Å². The van der Waals surface area contributed by atoms with Crippen LogP contribution in [-0.2, 0) is 13.0 Å². The zero-order valence-corrected chi connectivity index (χ0v) is 13.3. The minimum atomic E-state index is 0.595. The molecule has 0 amide bonds. The molecule has 0 bridgehead atoms. The van der Waals surface area contributed by atoms with E-state index in [0.29, 0.717) is 5.56 Å². The van der Waals surface area contributed by atoms with E-state index in [4.69, 9.17) is 5.26 Å². The van der Waals surface area contributed by atoms with Crippen molar-refractivity contribution in [1.82, 2.24) is 19.5 Å². The summed E-state index contributed by atoms with van der Waals surface area (Å²) in [5.41, 5.74) is 4.98. The molecule has 0 saturated carbocycles. The fourth-order valence-corrected chi connectivity index (χ4v) is 3.11. The van der Waals surface area contributed by atoms with E-state index < -0.39 is 0 Å². The largest absolute Gasteiger partial charge is 0.352 e. The molecule has 3 aromatic heterocycles. The smallest absolute Gasteiger partial charge is 0.131 e. The molecule has 24 heavy (non-hydrogen) atoms. The average Bonchev–Trinajstić information content (AvgIpc) is 3.15. The summed E-state index contributed by atoms with van der Waals surface area (Å²) in [7, 11) is 0. The highest BCUT2D eigenvalue weighted by atomic mass is 15.2. The summed E-state index contributed by atoms with van der Waals surface area (Å²) in [6.07, 6.45) is 9.86. The first-order valence-electron chi connectivity index (χ1n) is 7.82. The van der Waals surface area contributed by atoms with Gasteiger partial charge in [-0.15, -0.1) is 0 Å². The van der Waals surface area contributed by atoms with Gasteiger partial charge in [-0.1, -0.05) is 0 Å². The average molecular weight is 316 g/mol. The summed E-state index contributed by atoms with van der Waals surface area (Å²) in [5.74, 6) is 0.938. The van der Waals surface area contributed by atoms with Crippen molar-refractivity contribution in [2.45, 2.75) is 19.9 Å². The molecule has 3 aromatic rings. The van der Waals surface area contributed by atoms with E-state index in [1.165, 1.54) is 5.56 Å². The van der Waals surface area contributed by atoms with E-state index in [0.717, 1.165) is 42.3 Å². The summed E-state index contributed by atoms with van der Waals surface area (Å²) in [6, 6.07) is 6.19. The first kappa shape index (κ1) is 14.4. The zero-order valence-electron chi connectivity index (χ0n) is 13.3. The Kier molecular flexibility index (Phi) is 3.47. The summed E-state index contributed by atoms with van der Waals surface area (Å²) in [6.45, 7) is 3.65. The zero-order chi connectivity index (χ0) is 16.5. The summed E-state index contributed by atoms with van der Waals surface area (Å²) in [4.78, 5) is 15.4. The number of hydrogen-bond donors (Lipinski definition) is 0. The Balaban J connectivity index is 1.66. The third kappa shape index (κ3) is 2.50. The van der Waals surface area contributed by atoms with Crippen LogP contribution >= 0.6 is 0 Å². The number of fused-ring (bicyclic) bond motifs is 1. The van der Waals surface area contributed by atoms with Crippen LogP contribution in [0.2, 0.25) is 0 Å². The Morgan fingerprint density at radius 2 is 2.12 bits per heavy atom. The molecular weight excluding hydrogens is 300 g/mol. The van der Waals surface area contributed by atoms with Crippen LogP contribution in [0.15, 0.2) is 43.2 Å². The number of nitrogens with zero attached hydrogens (tertiary/aromatic N) is 6. The molecule has 0 aromatic carbocycles. The highest BCUT2D eigenvalue weighted by Crippen LogP contribution is 2.26. The van der Waals surface area contributed by atoms with Crippen molar-refractivity contribution in [2.24, 2.45) is 0 Å². The molecule has 4 heterocycles. The topological polar surface area (TPSA) is 70.6 Å². The van der Waals surface area contributed by atoms with Crippen LogP contribution < -0.4 is 4.90 Å². The van der Waals surface area contributed by atoms with Gasteiger partial charge in [-0.2, -0.15) is 5.26 Å². The predicted octanol–water partition coefficient (Wildman–Crippen LogP) is 2.41. The fourth-order valence-electron chi connectivity index (χ4n) is 3.11. The molecule has 0 saturated heterocycles. The first-order valence-corrected chi connectivity index (χ1v) is 7.82. The van der Waals surface area contributed by atoms with Gasteiger partial charge in [0.25, 0.3) is 0 Å². The molecule has 1 aliphatic rings. The SMILES string of the molecule is Cc1cc(C#N)cnc1N1CCc2ncc(-n3ccnc3)cc2C1. The number of imidazole rings is 1. The van der Waals surface area contributed by atoms with Crippen LogP contribution in [0.3, 0.4) is 0 Å². The van der Waals surface area contributed by atoms with Gasteiger partial charge in [0.15, 0.2) is 0 Å². The van der Waals surface area contributed by atoms with Crippen molar-refractivity contribution in [3.63, 3.8) is 0 Å². The van der Waals surface area contributed by atoms with E-state index in [1.54, 1.807) is 18.7 Å². The fraction of sp³-hybridized carbons (Fsp3) is 0.222. The monoisotopic (exact) mass is 316 g/mol. The minimum Gasteiger partial charge on any atom is -0.352 e. The molecule has 0 spiro atoms. The second kappa shape index (κ2) is 5.78. The van der Waals surface area contributed by atoms with Gasteiger partial charge in [-0.25, -0.2) is 9.97 Å². The van der Waals surface area contributed by atoms with Crippen LogP contribution in [0, 0.1) is 18.3 Å². The lowest BCUT2D eigenvalue weighted by atomic mass is 10.0. The van der Waals surface area contributed by atoms with Crippen molar-refractivity contribution in [1.29, 1.82) is 5.26 Å². The summed E-state index contributed by atoms with van der Waals surface area (Å²) < 4.78 is 1.96. The van der Waals surface area contributed by atoms with Crippen molar-refractivity contribution in [2.75, 3.05) is 11.4 Å². The van der Waals surface area contributed by atoms with E-state index in [-0.39, 0.29) is 0 Å². The van der Waals surface area contributed by atoms with Crippen molar-refractivity contribution in [3.8, 4) is 11.8 Å². The van der Waals surface area contributed by atoms with Gasteiger partial charge in [-0.3, -0.25) is 4.98 Å². The van der Waals surface area contributed by atoms with Crippen LogP contribution in [0.5, 0.6) is 0 Å². The molecule has 0 aliphatic carbocycles. The Hall–Kier alpha value is -3.20. The van der Waals surface area contributed by atoms with Crippen LogP contribution in [0.25, 0.3) is 5.69 Å². The van der Waals surface area contributed by atoms with Gasteiger partial charge in [0.2, 0.25) is 0 Å². The summed E-state index contributed by atoms with van der Waals surface area (Å²) in [5, 5.41) is 9.00. The highest BCUT2D eigenvalue weighted by molar-refractivity contribution is 5.52. The molecule has 6 heteroatoms. The maximum Gasteiger partial charge on any atom is 0.131 e. The van der Waals surface area contributed by atoms with E-state index in [9.17, 15) is 0 Å². The Bertz CT molecular complexity index is 923. The van der Waals surface area contributed by atoms with E-state index in [1.807, 2.05) is 30.0 Å². The van der Waals surface area contributed by atoms with E-state index >= 15 is 0 Å². The lowest BCUT2D eigenvalue weighted by Gasteiger charge is -2.30. The molecule has 1 aliphatic heterocycles.